The van der Waals surface area contributed by atoms with Crippen LogP contribution in [-0.2, 0) is 62.0 Å². The molecule has 8 aliphatic heterocycles. The van der Waals surface area contributed by atoms with Gasteiger partial charge < -0.3 is 142 Å². The molecular formula is C78H98N8O29. The average molecular weight is 1610 g/mol. The molecule has 11 bridgehead atoms. The Morgan fingerprint density at radius 3 is 1.69 bits per heavy atom. The van der Waals surface area contributed by atoms with Gasteiger partial charge in [-0.25, -0.2) is 0 Å². The van der Waals surface area contributed by atoms with Crippen molar-refractivity contribution in [2.75, 3.05) is 33.9 Å². The van der Waals surface area contributed by atoms with E-state index in [4.69, 9.17) is 43.6 Å². The summed E-state index contributed by atoms with van der Waals surface area (Å²) in [4.78, 5) is 121. The number of amides is 7. The second-order valence-electron chi connectivity index (χ2n) is 30.5. The molecule has 3 saturated heterocycles. The highest BCUT2D eigenvalue weighted by atomic mass is 16.8. The third kappa shape index (κ3) is 17.8. The summed E-state index contributed by atoms with van der Waals surface area (Å²) in [7, 11) is 3.23. The maximum Gasteiger partial charge on any atom is 0.248 e. The lowest BCUT2D eigenvalue weighted by Crippen LogP contribution is -2.66. The number of rotatable bonds is 17. The van der Waals surface area contributed by atoms with Gasteiger partial charge in [0.25, 0.3) is 0 Å². The van der Waals surface area contributed by atoms with Crippen LogP contribution in [0.2, 0.25) is 0 Å². The molecule has 0 aromatic heterocycles. The number of hydrogen-bond acceptors (Lipinski definition) is 30. The van der Waals surface area contributed by atoms with Gasteiger partial charge in [0.2, 0.25) is 53.4 Å². The molecule has 8 aliphatic rings. The Balaban J connectivity index is 1.08. The highest BCUT2D eigenvalue weighted by Crippen LogP contribution is 2.50. The van der Waals surface area contributed by atoms with Crippen LogP contribution in [0.4, 0.5) is 0 Å². The quantitative estimate of drug-likeness (QED) is 0.0495. The highest BCUT2D eigenvalue weighted by molar-refractivity contribution is 6.01. The van der Waals surface area contributed by atoms with Crippen LogP contribution in [-0.4, -0.2) is 263 Å². The molecule has 37 heteroatoms. The zero-order valence-corrected chi connectivity index (χ0v) is 64.3. The lowest BCUT2D eigenvalue weighted by molar-refractivity contribution is -0.373. The lowest BCUT2D eigenvalue weighted by Gasteiger charge is -2.48. The summed E-state index contributed by atoms with van der Waals surface area (Å²) in [6, 6.07) is 2.47. The maximum atomic E-state index is 16.2. The fourth-order valence-electron chi connectivity index (χ4n) is 14.9. The van der Waals surface area contributed by atoms with E-state index in [1.165, 1.54) is 70.2 Å². The first-order valence-corrected chi connectivity index (χ1v) is 37.3. The van der Waals surface area contributed by atoms with E-state index in [9.17, 15) is 80.8 Å². The standard InChI is InChI=1S/C78H98N8O29/c1-28(2)17-42(86(9)10)71(103)85-58-61(96)37-13-16-46(30(4)19-37)109-48-22-38-21-47(67(48)113-77-65(100)64(99)69(51(27-89)111-77)115-78-66(101)63(98)68(50(26-88)112-78)114-76-33(7)60(95)62(97)49(25-87)110-76)108-45-15-12-35(18-29(45)3)31(5)54-72(104)82-55(34(8)90)40-23-44(92)32(6)59(94)53(40)39-20-36(11-14-43(39)91)56(73(105)81-54)84-74(106)57(38)83-70(102)41(24-52(79)93)80-75(58)107/h11-16,18-23,28,31,33,41-42,49-51,54-58,60-66,68-69,76-78,87-89,91-92,94-101H,17,24-27H2,1-10H3,(H2,79,93)(H,80,107)(H,81,105)(H,82,104)(H,83,102)(H,84,106)(H,85,103). The molecule has 7 amide bonds. The van der Waals surface area contributed by atoms with E-state index >= 15 is 24.0 Å². The Bertz CT molecular complexity index is 4500. The largest absolute Gasteiger partial charge is 0.508 e. The first kappa shape index (κ1) is 86.1. The number of fused-ring (bicyclic) bond motifs is 15. The van der Waals surface area contributed by atoms with E-state index in [1.807, 2.05) is 13.8 Å². The Morgan fingerprint density at radius 1 is 0.574 bits per heavy atom. The molecule has 8 heterocycles. The van der Waals surface area contributed by atoms with Crippen molar-refractivity contribution in [3.63, 3.8) is 0 Å². The number of aliphatic hydroxyl groups excluding tert-OH is 10. The number of hydrogen-bond donors (Lipinski definition) is 20. The number of carbonyl (C=O) groups is 8. The Kier molecular flexibility index (Phi) is 26.5. The van der Waals surface area contributed by atoms with Crippen LogP contribution in [0.25, 0.3) is 11.1 Å². The maximum absolute atomic E-state index is 16.2. The monoisotopic (exact) mass is 1610 g/mol. The molecule has 0 radical (unpaired) electrons. The van der Waals surface area contributed by atoms with E-state index < -0.39 is 260 Å². The van der Waals surface area contributed by atoms with Crippen LogP contribution in [0.5, 0.6) is 46.0 Å². The van der Waals surface area contributed by atoms with Crippen molar-refractivity contribution in [3.05, 3.63) is 117 Å². The molecule has 13 rings (SSSR count). The van der Waals surface area contributed by atoms with Crippen molar-refractivity contribution in [3.8, 4) is 57.1 Å². The number of primary amides is 1. The molecule has 24 unspecified atom stereocenters. The van der Waals surface area contributed by atoms with Gasteiger partial charge in [-0.1, -0.05) is 52.0 Å². The topological polar surface area (TPSA) is 575 Å². The lowest BCUT2D eigenvalue weighted by atomic mass is 9.86. The number of nitrogens with one attached hydrogen (secondary N) is 6. The third-order valence-corrected chi connectivity index (χ3v) is 21.6. The van der Waals surface area contributed by atoms with Gasteiger partial charge in [-0.2, -0.15) is 0 Å². The van der Waals surface area contributed by atoms with Crippen LogP contribution in [0.1, 0.15) is 122 Å². The van der Waals surface area contributed by atoms with Crippen LogP contribution in [0.15, 0.2) is 72.8 Å². The number of aliphatic hydroxyl groups is 10. The molecule has 5 aromatic rings. The molecule has 624 valence electrons. The van der Waals surface area contributed by atoms with Crippen molar-refractivity contribution in [1.82, 2.24) is 36.8 Å². The second kappa shape index (κ2) is 35.4. The first-order chi connectivity index (χ1) is 54.3. The number of ketones is 1. The molecule has 0 aliphatic carbocycles. The second-order valence-corrected chi connectivity index (χ2v) is 30.5. The number of phenols is 3. The number of nitrogens with zero attached hydrogens (tertiary/aromatic N) is 1. The molecule has 5 aromatic carbocycles. The van der Waals surface area contributed by atoms with Crippen molar-refractivity contribution < 1.29 is 143 Å². The highest BCUT2D eigenvalue weighted by Gasteiger charge is 2.55. The Labute approximate surface area is 658 Å². The number of aryl methyl sites for hydroxylation is 2. The van der Waals surface area contributed by atoms with Crippen LogP contribution >= 0.6 is 0 Å². The van der Waals surface area contributed by atoms with E-state index in [0.29, 0.717) is 5.56 Å². The summed E-state index contributed by atoms with van der Waals surface area (Å²) in [5.74, 6) is -14.8. The van der Waals surface area contributed by atoms with Crippen molar-refractivity contribution in [2.45, 2.75) is 209 Å². The fraction of sp³-hybridized carbons (Fsp3) is 0.513. The van der Waals surface area contributed by atoms with E-state index in [0.717, 1.165) is 31.2 Å². The number of likely N-dealkylation sites (N-methyl/N-ethyl adjacent to an activating group) is 1. The SMILES string of the molecule is CC(=O)C1NC(=O)C2NC(=O)C(NC(=O)C3NC(=O)C(CC(N)=O)NC(=O)C(NC(=O)C(CC(C)C)N(C)C)C(O)c4ccc(c(C)c4)Oc4cc3cc(c4OC3OC(CO)C(OC4OC(CO)C(OC5OC(CO)C(O)C(O)C5C)C(O)C4O)C(O)C3O)Oc3ccc(cc3C)C2C)c2ccc(O)c(c2)-c2c1cc(O)c(C)c2O. The molecule has 24 atom stereocenters. The molecule has 0 saturated carbocycles. The Hall–Kier alpha value is -9.78. The number of aromatic hydroxyl groups is 3. The number of Topliss-reactive ketones (excluding diaryl/α,β-unsaturated/α-hetero) is 1. The number of nitrogens with two attached hydrogens (primary N) is 1. The van der Waals surface area contributed by atoms with Gasteiger partial charge in [-0.15, -0.1) is 0 Å². The summed E-state index contributed by atoms with van der Waals surface area (Å²) < 4.78 is 49.9. The first-order valence-electron chi connectivity index (χ1n) is 37.3. The van der Waals surface area contributed by atoms with Gasteiger partial charge in [-0.05, 0) is 142 Å². The smallest absolute Gasteiger partial charge is 0.248 e. The van der Waals surface area contributed by atoms with Crippen LogP contribution < -0.4 is 51.8 Å². The number of carbonyl (C=O) groups excluding carboxylic acids is 8. The summed E-state index contributed by atoms with van der Waals surface area (Å²) in [6.45, 7) is 9.35. The van der Waals surface area contributed by atoms with E-state index in [2.05, 4.69) is 31.9 Å². The Morgan fingerprint density at radius 2 is 1.11 bits per heavy atom. The van der Waals surface area contributed by atoms with Gasteiger partial charge in [0.15, 0.2) is 29.9 Å². The van der Waals surface area contributed by atoms with Gasteiger partial charge in [-0.3, -0.25) is 43.3 Å². The molecule has 37 nitrogen and oxygen atoms in total. The van der Waals surface area contributed by atoms with Gasteiger partial charge in [0.1, 0.15) is 132 Å². The van der Waals surface area contributed by atoms with Crippen molar-refractivity contribution >= 4 is 47.1 Å². The van der Waals surface area contributed by atoms with Crippen molar-refractivity contribution in [1.29, 1.82) is 0 Å². The zero-order chi connectivity index (χ0) is 83.9. The van der Waals surface area contributed by atoms with Gasteiger partial charge in [0.05, 0.1) is 38.4 Å². The normalized spacial score (nSPS) is 31.4. The average Bonchev–Trinajstić information content (AvgIpc) is 0.761. The molecule has 3 fully saturated rings. The van der Waals surface area contributed by atoms with Crippen LogP contribution in [0.3, 0.4) is 0 Å². The number of phenolic OH excluding ortho intramolecular Hbond substituents is 3. The fourth-order valence-corrected chi connectivity index (χ4v) is 14.9. The van der Waals surface area contributed by atoms with E-state index in [-0.39, 0.29) is 68.3 Å². The predicted octanol–water partition coefficient (Wildman–Crippen LogP) is -1.67. The van der Waals surface area contributed by atoms with Gasteiger partial charge in [0, 0.05) is 28.5 Å². The molecular weight excluding hydrogens is 1510 g/mol. The summed E-state index contributed by atoms with van der Waals surface area (Å²) in [5.41, 5.74) is 4.91. The minimum Gasteiger partial charge on any atom is -0.508 e. The number of ether oxygens (including phenoxy) is 8. The number of benzene rings is 5. The summed E-state index contributed by atoms with van der Waals surface area (Å²) in [6.07, 6.45) is -28.6. The van der Waals surface area contributed by atoms with Crippen molar-refractivity contribution in [2.24, 2.45) is 17.6 Å². The summed E-state index contributed by atoms with van der Waals surface area (Å²) in [5, 5.41) is 164. The van der Waals surface area contributed by atoms with E-state index in [1.54, 1.807) is 32.0 Å². The minimum absolute atomic E-state index is 0.0341. The predicted molar refractivity (Wildman–Crippen MR) is 397 cm³/mol. The minimum atomic E-state index is -2.31. The molecule has 0 spiro atoms. The molecule has 115 heavy (non-hydrogen) atoms. The molecule has 21 N–H and O–H groups in total. The summed E-state index contributed by atoms with van der Waals surface area (Å²) >= 11 is 0. The zero-order valence-electron chi connectivity index (χ0n) is 64.3. The van der Waals surface area contributed by atoms with Crippen LogP contribution in [0, 0.1) is 32.6 Å². The third-order valence-electron chi connectivity index (χ3n) is 21.6. The van der Waals surface area contributed by atoms with Gasteiger partial charge >= 0.3 is 0 Å².